The van der Waals surface area contributed by atoms with Crippen LogP contribution in [0.2, 0.25) is 0 Å². The molecule has 2 saturated heterocycles. The molecule has 2 aliphatic heterocycles. The maximum absolute atomic E-state index is 12.2. The van der Waals surface area contributed by atoms with Crippen LogP contribution in [0.3, 0.4) is 0 Å². The Morgan fingerprint density at radius 2 is 2.20 bits per heavy atom. The van der Waals surface area contributed by atoms with Gasteiger partial charge in [0.15, 0.2) is 0 Å². The van der Waals surface area contributed by atoms with Crippen molar-refractivity contribution in [2.24, 2.45) is 0 Å². The van der Waals surface area contributed by atoms with E-state index in [-0.39, 0.29) is 25.1 Å². The van der Waals surface area contributed by atoms with Crippen molar-refractivity contribution >= 4 is 15.9 Å². The summed E-state index contributed by atoms with van der Waals surface area (Å²) >= 11 is 0. The van der Waals surface area contributed by atoms with Gasteiger partial charge in [0.2, 0.25) is 15.9 Å². The fourth-order valence-corrected chi connectivity index (χ4v) is 4.18. The van der Waals surface area contributed by atoms with Crippen LogP contribution >= 0.6 is 0 Å². The second-order valence-corrected chi connectivity index (χ2v) is 7.67. The number of rotatable bonds is 5. The zero-order valence-electron chi connectivity index (χ0n) is 12.0. The van der Waals surface area contributed by atoms with Crippen molar-refractivity contribution in [2.75, 3.05) is 26.3 Å². The molecule has 2 heterocycles. The number of sulfonamides is 1. The van der Waals surface area contributed by atoms with Gasteiger partial charge >= 0.3 is 0 Å². The molecule has 0 aromatic rings. The first-order chi connectivity index (χ1) is 9.50. The number of likely N-dealkylation sites (tertiary alicyclic amines) is 1. The van der Waals surface area contributed by atoms with Crippen LogP contribution in [0.5, 0.6) is 0 Å². The minimum atomic E-state index is -3.35. The van der Waals surface area contributed by atoms with E-state index in [4.69, 9.17) is 4.74 Å². The van der Waals surface area contributed by atoms with Gasteiger partial charge in [-0.2, -0.15) is 0 Å². The van der Waals surface area contributed by atoms with E-state index in [1.54, 1.807) is 4.90 Å². The van der Waals surface area contributed by atoms with Crippen LogP contribution < -0.4 is 4.72 Å². The minimum Gasteiger partial charge on any atom is -0.380 e. The molecule has 20 heavy (non-hydrogen) atoms. The summed E-state index contributed by atoms with van der Waals surface area (Å²) in [5, 5.41) is -0.458. The zero-order valence-corrected chi connectivity index (χ0v) is 12.8. The van der Waals surface area contributed by atoms with Crippen molar-refractivity contribution in [3.63, 3.8) is 0 Å². The van der Waals surface area contributed by atoms with E-state index < -0.39 is 15.3 Å². The highest BCUT2D eigenvalue weighted by molar-refractivity contribution is 7.90. The van der Waals surface area contributed by atoms with Crippen molar-refractivity contribution in [1.29, 1.82) is 0 Å². The third kappa shape index (κ3) is 3.93. The van der Waals surface area contributed by atoms with Crippen molar-refractivity contribution in [1.82, 2.24) is 9.62 Å². The number of hydrogen-bond donors (Lipinski definition) is 1. The molecule has 0 saturated carbocycles. The number of piperidine rings is 1. The normalized spacial score (nSPS) is 26.6. The molecule has 0 bridgehead atoms. The van der Waals surface area contributed by atoms with Crippen LogP contribution in [0.25, 0.3) is 0 Å². The molecule has 2 rings (SSSR count). The summed E-state index contributed by atoms with van der Waals surface area (Å²) in [5.41, 5.74) is 0. The fourth-order valence-electron chi connectivity index (χ4n) is 2.71. The molecule has 2 aliphatic rings. The van der Waals surface area contributed by atoms with Gasteiger partial charge in [-0.1, -0.05) is 0 Å². The highest BCUT2D eigenvalue weighted by Gasteiger charge is 2.29. The lowest BCUT2D eigenvalue weighted by atomic mass is 10.1. The van der Waals surface area contributed by atoms with Crippen LogP contribution in [0.1, 0.15) is 39.0 Å². The maximum Gasteiger partial charge on any atom is 0.222 e. The lowest BCUT2D eigenvalue weighted by molar-refractivity contribution is -0.135. The summed E-state index contributed by atoms with van der Waals surface area (Å²) in [7, 11) is -3.35. The molecule has 6 nitrogen and oxygen atoms in total. The van der Waals surface area contributed by atoms with Crippen molar-refractivity contribution in [2.45, 2.75) is 50.3 Å². The van der Waals surface area contributed by atoms with Crippen molar-refractivity contribution in [3.8, 4) is 0 Å². The number of nitrogens with zero attached hydrogens (tertiary/aromatic N) is 1. The van der Waals surface area contributed by atoms with E-state index in [1.165, 1.54) is 0 Å². The molecular weight excluding hydrogens is 280 g/mol. The predicted molar refractivity (Wildman–Crippen MR) is 75.8 cm³/mol. The second-order valence-electron chi connectivity index (χ2n) is 5.63. The number of carbonyl (C=O) groups is 1. The average Bonchev–Trinajstić information content (AvgIpc) is 2.46. The smallest absolute Gasteiger partial charge is 0.222 e. The van der Waals surface area contributed by atoms with Gasteiger partial charge in [-0.3, -0.25) is 4.79 Å². The highest BCUT2D eigenvalue weighted by Crippen LogP contribution is 2.16. The highest BCUT2D eigenvalue weighted by atomic mass is 32.2. The molecule has 1 N–H and O–H groups in total. The van der Waals surface area contributed by atoms with E-state index >= 15 is 0 Å². The van der Waals surface area contributed by atoms with Gasteiger partial charge in [0.1, 0.15) is 0 Å². The van der Waals surface area contributed by atoms with E-state index in [0.29, 0.717) is 19.4 Å². The van der Waals surface area contributed by atoms with Gasteiger partial charge in [0.05, 0.1) is 11.9 Å². The lowest BCUT2D eigenvalue weighted by Crippen LogP contribution is -2.49. The molecule has 7 heteroatoms. The van der Waals surface area contributed by atoms with Gasteiger partial charge in [-0.15, -0.1) is 0 Å². The topological polar surface area (TPSA) is 75.7 Å². The first kappa shape index (κ1) is 15.7. The zero-order chi connectivity index (χ0) is 14.6. The van der Waals surface area contributed by atoms with E-state index in [0.717, 1.165) is 25.8 Å². The second kappa shape index (κ2) is 6.87. The molecule has 0 aliphatic carbocycles. The summed E-state index contributed by atoms with van der Waals surface area (Å²) in [6.45, 7) is 3.82. The third-order valence-electron chi connectivity index (χ3n) is 4.03. The fraction of sp³-hybridized carbons (Fsp3) is 0.923. The Morgan fingerprint density at radius 3 is 2.85 bits per heavy atom. The average molecular weight is 304 g/mol. The number of amides is 1. The monoisotopic (exact) mass is 304 g/mol. The Labute approximate surface area is 120 Å². The van der Waals surface area contributed by atoms with Gasteiger partial charge in [-0.25, -0.2) is 13.1 Å². The number of ether oxygens (including phenoxy) is 1. The Kier molecular flexibility index (Phi) is 5.40. The maximum atomic E-state index is 12.2. The Hall–Kier alpha value is -0.660. The van der Waals surface area contributed by atoms with Crippen LogP contribution in [0, 0.1) is 0 Å². The van der Waals surface area contributed by atoms with Crippen LogP contribution in [0.15, 0.2) is 0 Å². The molecular formula is C13H24N2O4S. The number of nitrogens with one attached hydrogen (secondary N) is 1. The lowest BCUT2D eigenvalue weighted by Gasteiger charge is -2.33. The Bertz CT molecular complexity index is 432. The molecule has 2 atom stereocenters. The summed E-state index contributed by atoms with van der Waals surface area (Å²) in [6, 6.07) is -0.0953. The summed E-state index contributed by atoms with van der Waals surface area (Å²) < 4.78 is 32.2. The summed E-state index contributed by atoms with van der Waals surface area (Å²) in [4.78, 5) is 13.6. The van der Waals surface area contributed by atoms with Crippen molar-refractivity contribution in [3.05, 3.63) is 0 Å². The Balaban J connectivity index is 1.85. The van der Waals surface area contributed by atoms with Crippen LogP contribution in [-0.4, -0.2) is 56.8 Å². The van der Waals surface area contributed by atoms with Gasteiger partial charge < -0.3 is 9.64 Å². The number of carbonyl (C=O) groups excluding carboxylic acids is 1. The summed E-state index contributed by atoms with van der Waals surface area (Å²) in [5.74, 6) is 0.129. The van der Waals surface area contributed by atoms with Gasteiger partial charge in [0, 0.05) is 32.2 Å². The molecule has 0 spiro atoms. The predicted octanol–water partition coefficient (Wildman–Crippen LogP) is 0.486. The first-order valence-electron chi connectivity index (χ1n) is 7.36. The van der Waals surface area contributed by atoms with Gasteiger partial charge in [-0.05, 0) is 32.6 Å². The quantitative estimate of drug-likeness (QED) is 0.802. The summed E-state index contributed by atoms with van der Waals surface area (Å²) in [6.07, 6.45) is 3.94. The molecule has 2 fully saturated rings. The van der Waals surface area contributed by atoms with Gasteiger partial charge in [0.25, 0.3) is 0 Å². The molecule has 0 unspecified atom stereocenters. The third-order valence-corrected chi connectivity index (χ3v) is 5.85. The molecule has 116 valence electrons. The van der Waals surface area contributed by atoms with Crippen LogP contribution in [-0.2, 0) is 19.6 Å². The van der Waals surface area contributed by atoms with E-state index in [2.05, 4.69) is 4.72 Å². The largest absolute Gasteiger partial charge is 0.380 e. The molecule has 0 radical (unpaired) electrons. The molecule has 1 amide bonds. The minimum absolute atomic E-state index is 0.0953. The molecule has 0 aromatic heterocycles. The van der Waals surface area contributed by atoms with Crippen molar-refractivity contribution < 1.29 is 17.9 Å². The van der Waals surface area contributed by atoms with Crippen LogP contribution in [0.4, 0.5) is 0 Å². The first-order valence-corrected chi connectivity index (χ1v) is 8.91. The SMILES string of the molecule is C[C@H](CNS(=O)(=O)[C@H]1CCCOC1)N1CCCCC1=O. The standard InChI is InChI=1S/C13H24N2O4S/c1-11(15-7-3-2-6-13(15)16)9-14-20(17,18)12-5-4-8-19-10-12/h11-12,14H,2-10H2,1H3/t11-,12+/m1/s1. The van der Waals surface area contributed by atoms with E-state index in [1.807, 2.05) is 6.92 Å². The number of hydrogen-bond acceptors (Lipinski definition) is 4. The molecule has 0 aromatic carbocycles. The Morgan fingerprint density at radius 1 is 1.40 bits per heavy atom. The van der Waals surface area contributed by atoms with E-state index in [9.17, 15) is 13.2 Å².